The zero-order valence-corrected chi connectivity index (χ0v) is 25.2. The van der Waals surface area contributed by atoms with E-state index in [1.54, 1.807) is 24.3 Å². The number of ketones is 1. The van der Waals surface area contributed by atoms with Crippen LogP contribution in [0.3, 0.4) is 0 Å². The first-order chi connectivity index (χ1) is 20.4. The number of aromatic nitrogens is 2. The largest absolute Gasteiger partial charge is 0.507 e. The van der Waals surface area contributed by atoms with Gasteiger partial charge in [0.05, 0.1) is 18.7 Å². The van der Waals surface area contributed by atoms with Gasteiger partial charge in [0.15, 0.2) is 15.9 Å². The highest BCUT2D eigenvalue weighted by Crippen LogP contribution is 2.44. The van der Waals surface area contributed by atoms with E-state index in [0.29, 0.717) is 15.7 Å². The van der Waals surface area contributed by atoms with Gasteiger partial charge in [0.1, 0.15) is 5.76 Å². The standard InChI is InChI=1S/C31H21BrFN3O4S2/c1-40-24-14-11-19(15-23(24)33)27(37)25-26(18-9-12-21(32)13-10-18)36(29(39)28(25)38)30-34-35-31(42-30)41-16-20-7-4-6-17-5-2-3-8-22(17)20/h2-15,26,37H,16H2,1H3/t26-/m0/s1. The number of carbonyl (C=O) groups excluding carboxylic acids is 2. The van der Waals surface area contributed by atoms with Crippen LogP contribution in [0.1, 0.15) is 22.7 Å². The summed E-state index contributed by atoms with van der Waals surface area (Å²) in [7, 11) is 1.33. The highest BCUT2D eigenvalue weighted by molar-refractivity contribution is 9.10. The Kier molecular flexibility index (Phi) is 7.80. The van der Waals surface area contributed by atoms with Crippen LogP contribution in [0, 0.1) is 5.82 Å². The van der Waals surface area contributed by atoms with E-state index >= 15 is 0 Å². The summed E-state index contributed by atoms with van der Waals surface area (Å²) in [6.07, 6.45) is 0. The number of amides is 1. The van der Waals surface area contributed by atoms with Gasteiger partial charge < -0.3 is 9.84 Å². The van der Waals surface area contributed by atoms with Gasteiger partial charge in [-0.3, -0.25) is 14.5 Å². The van der Waals surface area contributed by atoms with E-state index in [0.717, 1.165) is 26.9 Å². The summed E-state index contributed by atoms with van der Waals surface area (Å²) in [5.41, 5.74) is 1.56. The molecule has 42 heavy (non-hydrogen) atoms. The number of anilines is 1. The summed E-state index contributed by atoms with van der Waals surface area (Å²) in [5, 5.41) is 22.3. The Balaban J connectivity index is 1.37. The number of hydrogen-bond donors (Lipinski definition) is 1. The number of aliphatic hydroxyl groups is 1. The minimum absolute atomic E-state index is 0.0150. The number of hydrogen-bond acceptors (Lipinski definition) is 8. The molecule has 1 aromatic heterocycles. The van der Waals surface area contributed by atoms with E-state index in [1.165, 1.54) is 47.2 Å². The number of Topliss-reactive ketones (excluding diaryl/α,β-unsaturated/α-hetero) is 1. The van der Waals surface area contributed by atoms with Crippen molar-refractivity contribution in [1.29, 1.82) is 0 Å². The maximum Gasteiger partial charge on any atom is 0.301 e. The number of thioether (sulfide) groups is 1. The lowest BCUT2D eigenvalue weighted by molar-refractivity contribution is -0.132. The van der Waals surface area contributed by atoms with Gasteiger partial charge in [-0.1, -0.05) is 93.6 Å². The highest BCUT2D eigenvalue weighted by atomic mass is 79.9. The molecule has 0 spiro atoms. The Morgan fingerprint density at radius 2 is 1.81 bits per heavy atom. The zero-order chi connectivity index (χ0) is 29.4. The fourth-order valence-corrected chi connectivity index (χ4v) is 7.01. The molecule has 4 aromatic carbocycles. The fraction of sp³-hybridized carbons (Fsp3) is 0.0968. The van der Waals surface area contributed by atoms with Crippen LogP contribution in [0.2, 0.25) is 0 Å². The quantitative estimate of drug-likeness (QED) is 0.0634. The molecular formula is C31H21BrFN3O4S2. The van der Waals surface area contributed by atoms with E-state index < -0.39 is 29.3 Å². The van der Waals surface area contributed by atoms with Gasteiger partial charge in [-0.25, -0.2) is 4.39 Å². The Bertz CT molecular complexity index is 1870. The third-order valence-electron chi connectivity index (χ3n) is 6.89. The molecule has 1 atom stereocenters. The van der Waals surface area contributed by atoms with Crippen LogP contribution in [0.25, 0.3) is 16.5 Å². The van der Waals surface area contributed by atoms with Crippen molar-refractivity contribution in [2.45, 2.75) is 16.1 Å². The maximum atomic E-state index is 14.5. The van der Waals surface area contributed by atoms with Crippen molar-refractivity contribution in [3.05, 3.63) is 117 Å². The lowest BCUT2D eigenvalue weighted by Gasteiger charge is -2.22. The molecule has 0 unspecified atom stereocenters. The molecule has 6 rings (SSSR count). The topological polar surface area (TPSA) is 92.6 Å². The van der Waals surface area contributed by atoms with Crippen molar-refractivity contribution in [2.75, 3.05) is 12.0 Å². The summed E-state index contributed by atoms with van der Waals surface area (Å²) in [4.78, 5) is 28.1. The van der Waals surface area contributed by atoms with Gasteiger partial charge in [-0.2, -0.15) is 0 Å². The van der Waals surface area contributed by atoms with E-state index in [2.05, 4.69) is 50.4 Å². The van der Waals surface area contributed by atoms with E-state index in [-0.39, 0.29) is 22.0 Å². The van der Waals surface area contributed by atoms with Crippen LogP contribution in [-0.4, -0.2) is 34.1 Å². The van der Waals surface area contributed by atoms with Crippen LogP contribution in [-0.2, 0) is 15.3 Å². The monoisotopic (exact) mass is 661 g/mol. The van der Waals surface area contributed by atoms with Crippen LogP contribution in [0.5, 0.6) is 5.75 Å². The van der Waals surface area contributed by atoms with Crippen LogP contribution in [0.4, 0.5) is 9.52 Å². The van der Waals surface area contributed by atoms with Gasteiger partial charge in [-0.05, 0) is 52.2 Å². The average Bonchev–Trinajstić information content (AvgIpc) is 3.57. The molecule has 2 heterocycles. The average molecular weight is 663 g/mol. The molecule has 0 bridgehead atoms. The second kappa shape index (κ2) is 11.7. The molecule has 210 valence electrons. The van der Waals surface area contributed by atoms with Crippen molar-refractivity contribution >= 4 is 72.4 Å². The van der Waals surface area contributed by atoms with Gasteiger partial charge in [0.25, 0.3) is 5.78 Å². The first-order valence-corrected chi connectivity index (χ1v) is 15.3. The first-order valence-electron chi connectivity index (χ1n) is 12.7. The van der Waals surface area contributed by atoms with Gasteiger partial charge in [0, 0.05) is 15.8 Å². The molecule has 1 saturated heterocycles. The fourth-order valence-electron chi connectivity index (χ4n) is 4.88. The SMILES string of the molecule is COc1ccc(C(O)=C2C(=O)C(=O)N(c3nnc(SCc4cccc5ccccc45)s3)[C@H]2c2ccc(Br)cc2)cc1F. The van der Waals surface area contributed by atoms with E-state index in [4.69, 9.17) is 4.74 Å². The molecule has 1 fully saturated rings. The van der Waals surface area contributed by atoms with Crippen molar-refractivity contribution in [2.24, 2.45) is 0 Å². The minimum atomic E-state index is -1.01. The molecule has 1 aliphatic rings. The number of aliphatic hydroxyl groups excluding tert-OH is 1. The molecule has 1 amide bonds. The number of nitrogens with zero attached hydrogens (tertiary/aromatic N) is 3. The van der Waals surface area contributed by atoms with Gasteiger partial charge >= 0.3 is 5.91 Å². The first kappa shape index (κ1) is 28.1. The molecule has 0 saturated carbocycles. The summed E-state index contributed by atoms with van der Waals surface area (Å²) < 4.78 is 20.9. The molecule has 11 heteroatoms. The molecule has 1 aliphatic heterocycles. The second-order valence-electron chi connectivity index (χ2n) is 9.35. The molecule has 0 aliphatic carbocycles. The Labute approximate surface area is 256 Å². The van der Waals surface area contributed by atoms with Crippen LogP contribution in [0.15, 0.2) is 99.3 Å². The third kappa shape index (κ3) is 5.19. The van der Waals surface area contributed by atoms with Gasteiger partial charge in [0.2, 0.25) is 5.13 Å². The number of methoxy groups -OCH3 is 1. The molecule has 7 nitrogen and oxygen atoms in total. The van der Waals surface area contributed by atoms with Crippen molar-refractivity contribution in [3.8, 4) is 5.75 Å². The van der Waals surface area contributed by atoms with E-state index in [1.807, 2.05) is 18.2 Å². The normalized spacial score (nSPS) is 16.4. The summed E-state index contributed by atoms with van der Waals surface area (Å²) in [6, 6.07) is 24.1. The lowest BCUT2D eigenvalue weighted by Crippen LogP contribution is -2.29. The number of fused-ring (bicyclic) bond motifs is 1. The lowest BCUT2D eigenvalue weighted by atomic mass is 9.95. The highest BCUT2D eigenvalue weighted by Gasteiger charge is 2.48. The van der Waals surface area contributed by atoms with Crippen LogP contribution < -0.4 is 9.64 Å². The summed E-state index contributed by atoms with van der Waals surface area (Å²) >= 11 is 6.07. The van der Waals surface area contributed by atoms with Gasteiger partial charge in [-0.15, -0.1) is 10.2 Å². The number of rotatable bonds is 7. The van der Waals surface area contributed by atoms with Crippen molar-refractivity contribution in [1.82, 2.24) is 10.2 Å². The molecule has 5 aromatic rings. The number of benzene rings is 4. The predicted octanol–water partition coefficient (Wildman–Crippen LogP) is 7.52. The van der Waals surface area contributed by atoms with Crippen molar-refractivity contribution in [3.63, 3.8) is 0 Å². The smallest absolute Gasteiger partial charge is 0.301 e. The third-order valence-corrected chi connectivity index (χ3v) is 9.52. The Morgan fingerprint density at radius 3 is 2.57 bits per heavy atom. The van der Waals surface area contributed by atoms with Crippen LogP contribution >= 0.6 is 39.0 Å². The molecular weight excluding hydrogens is 641 g/mol. The zero-order valence-electron chi connectivity index (χ0n) is 22.0. The number of halogens is 2. The van der Waals surface area contributed by atoms with Crippen molar-refractivity contribution < 1.29 is 23.8 Å². The predicted molar refractivity (Wildman–Crippen MR) is 165 cm³/mol. The number of carbonyl (C=O) groups is 2. The maximum absolute atomic E-state index is 14.5. The Hall–Kier alpha value is -4.06. The molecule has 1 N–H and O–H groups in total. The summed E-state index contributed by atoms with van der Waals surface area (Å²) in [5.74, 6) is -2.36. The summed E-state index contributed by atoms with van der Waals surface area (Å²) in [6.45, 7) is 0. The number of ether oxygens (including phenoxy) is 1. The molecule has 0 radical (unpaired) electrons. The minimum Gasteiger partial charge on any atom is -0.507 e. The Morgan fingerprint density at radius 1 is 1.05 bits per heavy atom. The van der Waals surface area contributed by atoms with E-state index in [9.17, 15) is 19.1 Å². The second-order valence-corrected chi connectivity index (χ2v) is 12.4.